The van der Waals surface area contributed by atoms with E-state index in [4.69, 9.17) is 9.15 Å². The Labute approximate surface area is 152 Å². The summed E-state index contributed by atoms with van der Waals surface area (Å²) in [5.74, 6) is 0.393. The first-order valence-corrected chi connectivity index (χ1v) is 8.38. The first-order valence-electron chi connectivity index (χ1n) is 7.59. The molecule has 3 rings (SSSR count). The Bertz CT molecular complexity index is 1010. The number of hydrogen-bond donors (Lipinski definition) is 0. The van der Waals surface area contributed by atoms with Crippen molar-refractivity contribution in [3.05, 3.63) is 62.9 Å². The van der Waals surface area contributed by atoms with Gasteiger partial charge in [-0.2, -0.15) is 0 Å². The van der Waals surface area contributed by atoms with Gasteiger partial charge in [-0.15, -0.1) is 0 Å². The summed E-state index contributed by atoms with van der Waals surface area (Å²) in [6.45, 7) is 1.86. The average Bonchev–Trinajstić information content (AvgIpc) is 2.57. The Hall–Kier alpha value is -2.60. The van der Waals surface area contributed by atoms with E-state index in [-0.39, 0.29) is 0 Å². The fourth-order valence-corrected chi connectivity index (χ4v) is 2.80. The van der Waals surface area contributed by atoms with Crippen molar-refractivity contribution in [3.8, 4) is 16.9 Å². The number of ether oxygens (including phenoxy) is 1. The van der Waals surface area contributed by atoms with Crippen LogP contribution in [0.1, 0.15) is 5.56 Å². The highest BCUT2D eigenvalue weighted by atomic mass is 79.9. The second-order valence-corrected chi connectivity index (χ2v) is 6.73. The predicted octanol–water partition coefficient (Wildman–Crippen LogP) is 4.59. The Kier molecular flexibility index (Phi) is 4.63. The number of hydrogen-bond acceptors (Lipinski definition) is 4. The van der Waals surface area contributed by atoms with Crippen LogP contribution in [0.25, 0.3) is 22.1 Å². The molecule has 0 fully saturated rings. The molecular formula is C19H16BrNO4. The summed E-state index contributed by atoms with van der Waals surface area (Å²) >= 11 is 3.38. The second kappa shape index (κ2) is 6.72. The van der Waals surface area contributed by atoms with Gasteiger partial charge in [0.05, 0.1) is 5.56 Å². The zero-order chi connectivity index (χ0) is 18.1. The molecule has 0 aliphatic rings. The van der Waals surface area contributed by atoms with E-state index in [9.17, 15) is 9.59 Å². The fraction of sp³-hybridized carbons (Fsp3) is 0.158. The van der Waals surface area contributed by atoms with E-state index in [1.165, 1.54) is 4.90 Å². The van der Waals surface area contributed by atoms with Crippen LogP contribution in [0, 0.1) is 6.92 Å². The van der Waals surface area contributed by atoms with E-state index in [2.05, 4.69) is 15.9 Å². The molecule has 3 aromatic rings. The molecule has 0 N–H and O–H groups in total. The Morgan fingerprint density at radius 1 is 1.12 bits per heavy atom. The highest BCUT2D eigenvalue weighted by molar-refractivity contribution is 9.10. The summed E-state index contributed by atoms with van der Waals surface area (Å²) in [5.41, 5.74) is 2.10. The third-order valence-electron chi connectivity index (χ3n) is 3.84. The molecule has 0 aliphatic heterocycles. The lowest BCUT2D eigenvalue weighted by molar-refractivity contribution is 0.172. The smallest absolute Gasteiger partial charge is 0.414 e. The van der Waals surface area contributed by atoms with Gasteiger partial charge in [-0.3, -0.25) is 0 Å². The highest BCUT2D eigenvalue weighted by Gasteiger charge is 2.15. The van der Waals surface area contributed by atoms with Gasteiger partial charge in [0, 0.05) is 24.0 Å². The molecule has 0 saturated heterocycles. The molecule has 0 aliphatic carbocycles. The van der Waals surface area contributed by atoms with Gasteiger partial charge in [-0.25, -0.2) is 9.59 Å². The third-order valence-corrected chi connectivity index (χ3v) is 4.37. The molecule has 1 heterocycles. The van der Waals surface area contributed by atoms with Crippen molar-refractivity contribution in [2.75, 3.05) is 14.1 Å². The van der Waals surface area contributed by atoms with Crippen molar-refractivity contribution in [2.24, 2.45) is 0 Å². The highest BCUT2D eigenvalue weighted by Crippen LogP contribution is 2.30. The van der Waals surface area contributed by atoms with E-state index in [1.54, 1.807) is 32.3 Å². The standard InChI is InChI=1S/C19H16BrNO4/c1-11-15-10-14(24-19(23)21(2)3)8-9-16(15)25-18(22)17(11)12-4-6-13(20)7-5-12/h4-10H,1-3H3. The quantitative estimate of drug-likeness (QED) is 0.589. The van der Waals surface area contributed by atoms with Crippen molar-refractivity contribution in [2.45, 2.75) is 6.92 Å². The lowest BCUT2D eigenvalue weighted by Crippen LogP contribution is -2.25. The van der Waals surface area contributed by atoms with Crippen molar-refractivity contribution >= 4 is 33.0 Å². The topological polar surface area (TPSA) is 59.8 Å². The van der Waals surface area contributed by atoms with Gasteiger partial charge in [0.25, 0.3) is 0 Å². The normalized spacial score (nSPS) is 10.7. The minimum Gasteiger partial charge on any atom is -0.422 e. The number of halogens is 1. The SMILES string of the molecule is Cc1c(-c2ccc(Br)cc2)c(=O)oc2ccc(OC(=O)N(C)C)cc12. The molecule has 1 aromatic heterocycles. The van der Waals surface area contributed by atoms with Gasteiger partial charge in [0.1, 0.15) is 11.3 Å². The molecule has 0 spiro atoms. The number of fused-ring (bicyclic) bond motifs is 1. The predicted molar refractivity (Wildman–Crippen MR) is 100 cm³/mol. The van der Waals surface area contributed by atoms with Crippen LogP contribution in [0.2, 0.25) is 0 Å². The van der Waals surface area contributed by atoms with Gasteiger partial charge in [-0.05, 0) is 48.4 Å². The van der Waals surface area contributed by atoms with E-state index in [0.717, 1.165) is 21.0 Å². The van der Waals surface area contributed by atoms with Gasteiger partial charge >= 0.3 is 11.7 Å². The van der Waals surface area contributed by atoms with Crippen LogP contribution in [0.3, 0.4) is 0 Å². The molecule has 6 heteroatoms. The Balaban J connectivity index is 2.15. The molecule has 0 saturated carbocycles. The number of aryl methyl sites for hydroxylation is 1. The first-order chi connectivity index (χ1) is 11.9. The van der Waals surface area contributed by atoms with E-state index >= 15 is 0 Å². The van der Waals surface area contributed by atoms with Crippen molar-refractivity contribution in [1.29, 1.82) is 0 Å². The zero-order valence-corrected chi connectivity index (χ0v) is 15.6. The van der Waals surface area contributed by atoms with Crippen LogP contribution in [0.5, 0.6) is 5.75 Å². The number of amides is 1. The van der Waals surface area contributed by atoms with Gasteiger partial charge < -0.3 is 14.1 Å². The van der Waals surface area contributed by atoms with Crippen LogP contribution in [0.15, 0.2) is 56.1 Å². The van der Waals surface area contributed by atoms with Gasteiger partial charge in [-0.1, -0.05) is 28.1 Å². The van der Waals surface area contributed by atoms with Crippen molar-refractivity contribution < 1.29 is 13.9 Å². The average molecular weight is 402 g/mol. The Morgan fingerprint density at radius 2 is 1.80 bits per heavy atom. The maximum Gasteiger partial charge on any atom is 0.414 e. The van der Waals surface area contributed by atoms with Gasteiger partial charge in [0.2, 0.25) is 0 Å². The number of nitrogens with zero attached hydrogens (tertiary/aromatic N) is 1. The van der Waals surface area contributed by atoms with Crippen molar-refractivity contribution in [3.63, 3.8) is 0 Å². The molecule has 25 heavy (non-hydrogen) atoms. The Morgan fingerprint density at radius 3 is 2.44 bits per heavy atom. The molecular weight excluding hydrogens is 386 g/mol. The summed E-state index contributed by atoms with van der Waals surface area (Å²) in [4.78, 5) is 25.5. The maximum atomic E-state index is 12.4. The van der Waals surface area contributed by atoms with E-state index in [1.807, 2.05) is 31.2 Å². The van der Waals surface area contributed by atoms with Crippen LogP contribution in [-0.2, 0) is 0 Å². The van der Waals surface area contributed by atoms with Crippen LogP contribution in [0.4, 0.5) is 4.79 Å². The van der Waals surface area contributed by atoms with Crippen LogP contribution in [-0.4, -0.2) is 25.1 Å². The first kappa shape index (κ1) is 17.2. The summed E-state index contributed by atoms with van der Waals surface area (Å²) in [6, 6.07) is 12.4. The fourth-order valence-electron chi connectivity index (χ4n) is 2.54. The van der Waals surface area contributed by atoms with Crippen molar-refractivity contribution in [1.82, 2.24) is 4.90 Å². The molecule has 0 atom stereocenters. The molecule has 0 bridgehead atoms. The lowest BCUT2D eigenvalue weighted by Gasteiger charge is -2.12. The molecule has 0 radical (unpaired) electrons. The zero-order valence-electron chi connectivity index (χ0n) is 14.0. The van der Waals surface area contributed by atoms with Gasteiger partial charge in [0.15, 0.2) is 0 Å². The van der Waals surface area contributed by atoms with Crippen LogP contribution < -0.4 is 10.4 Å². The largest absolute Gasteiger partial charge is 0.422 e. The number of benzene rings is 2. The minimum atomic E-state index is -0.470. The second-order valence-electron chi connectivity index (χ2n) is 5.82. The summed E-state index contributed by atoms with van der Waals surface area (Å²) in [6.07, 6.45) is -0.470. The minimum absolute atomic E-state index is 0.393. The maximum absolute atomic E-state index is 12.4. The molecule has 2 aromatic carbocycles. The summed E-state index contributed by atoms with van der Waals surface area (Å²) < 4.78 is 11.7. The number of carbonyl (C=O) groups excluding carboxylic acids is 1. The molecule has 5 nitrogen and oxygen atoms in total. The number of carbonyl (C=O) groups is 1. The van der Waals surface area contributed by atoms with E-state index in [0.29, 0.717) is 16.9 Å². The molecule has 1 amide bonds. The monoisotopic (exact) mass is 401 g/mol. The summed E-state index contributed by atoms with van der Waals surface area (Å²) in [7, 11) is 3.22. The molecule has 0 unspecified atom stereocenters. The summed E-state index contributed by atoms with van der Waals surface area (Å²) in [5, 5.41) is 0.724. The third kappa shape index (κ3) is 3.44. The van der Waals surface area contributed by atoms with E-state index < -0.39 is 11.7 Å². The lowest BCUT2D eigenvalue weighted by atomic mass is 9.99. The van der Waals surface area contributed by atoms with Crippen LogP contribution >= 0.6 is 15.9 Å². The number of rotatable bonds is 2. The molecule has 128 valence electrons.